The van der Waals surface area contributed by atoms with E-state index in [0.29, 0.717) is 19.5 Å². The Morgan fingerprint density at radius 2 is 2.16 bits per heavy atom. The van der Waals surface area contributed by atoms with E-state index in [0.717, 1.165) is 0 Å². The summed E-state index contributed by atoms with van der Waals surface area (Å²) in [5.74, 6) is 0.114. The molecule has 1 unspecified atom stereocenters. The van der Waals surface area contributed by atoms with Crippen molar-refractivity contribution >= 4 is 11.8 Å². The molecule has 1 aromatic carbocycles. The summed E-state index contributed by atoms with van der Waals surface area (Å²) in [7, 11) is 0. The molecule has 2 rings (SSSR count). The van der Waals surface area contributed by atoms with E-state index < -0.39 is 0 Å². The van der Waals surface area contributed by atoms with E-state index in [9.17, 15) is 9.59 Å². The van der Waals surface area contributed by atoms with Gasteiger partial charge in [0.15, 0.2) is 0 Å². The summed E-state index contributed by atoms with van der Waals surface area (Å²) in [6.07, 6.45) is 0.424. The summed E-state index contributed by atoms with van der Waals surface area (Å²) >= 11 is 0. The fourth-order valence-corrected chi connectivity index (χ4v) is 2.39. The molecule has 0 radical (unpaired) electrons. The van der Waals surface area contributed by atoms with Crippen LogP contribution in [-0.4, -0.2) is 29.8 Å². The second-order valence-corrected chi connectivity index (χ2v) is 5.26. The van der Waals surface area contributed by atoms with Gasteiger partial charge in [-0.3, -0.25) is 4.79 Å². The normalized spacial score (nSPS) is 18.6. The van der Waals surface area contributed by atoms with Crippen molar-refractivity contribution in [1.82, 2.24) is 10.2 Å². The second-order valence-electron chi connectivity index (χ2n) is 5.26. The van der Waals surface area contributed by atoms with Gasteiger partial charge in [-0.1, -0.05) is 23.8 Å². The van der Waals surface area contributed by atoms with Gasteiger partial charge in [0, 0.05) is 19.5 Å². The van der Waals surface area contributed by atoms with E-state index in [-0.39, 0.29) is 17.9 Å². The van der Waals surface area contributed by atoms with Crippen LogP contribution in [0.1, 0.15) is 36.1 Å². The number of carbonyl (C=O) groups is 2. The van der Waals surface area contributed by atoms with Gasteiger partial charge >= 0.3 is 6.03 Å². The molecule has 1 fully saturated rings. The maximum absolute atomic E-state index is 11.9. The Morgan fingerprint density at radius 1 is 1.42 bits per heavy atom. The third-order valence-corrected chi connectivity index (χ3v) is 3.53. The molecule has 102 valence electrons. The second kappa shape index (κ2) is 5.43. The minimum atomic E-state index is -0.0767. The molecule has 0 aliphatic carbocycles. The maximum Gasteiger partial charge on any atom is 0.318 e. The lowest BCUT2D eigenvalue weighted by molar-refractivity contribution is -0.117. The van der Waals surface area contributed by atoms with Crippen molar-refractivity contribution in [2.75, 3.05) is 13.1 Å². The summed E-state index contributed by atoms with van der Waals surface area (Å²) in [6, 6.07) is 6.22. The minimum Gasteiger partial charge on any atom is -0.329 e. The van der Waals surface area contributed by atoms with Gasteiger partial charge in [0.25, 0.3) is 0 Å². The number of carbonyl (C=O) groups excluding carboxylic acids is 2. The monoisotopic (exact) mass is 260 g/mol. The Morgan fingerprint density at radius 3 is 2.84 bits per heavy atom. The molecular weight excluding hydrogens is 240 g/mol. The van der Waals surface area contributed by atoms with Gasteiger partial charge in [-0.15, -0.1) is 0 Å². The third-order valence-electron chi connectivity index (χ3n) is 3.53. The number of rotatable bonds is 4. The molecule has 0 bridgehead atoms. The SMILES string of the molecule is CC(=O)CCN1CC(c2cc(C)ccc2C)NC1=O. The lowest BCUT2D eigenvalue weighted by atomic mass is 9.99. The van der Waals surface area contributed by atoms with Crippen molar-refractivity contribution in [3.05, 3.63) is 34.9 Å². The molecule has 1 aliphatic heterocycles. The largest absolute Gasteiger partial charge is 0.329 e. The zero-order valence-corrected chi connectivity index (χ0v) is 11.7. The molecule has 0 spiro atoms. The van der Waals surface area contributed by atoms with E-state index in [1.807, 2.05) is 6.92 Å². The highest BCUT2D eigenvalue weighted by molar-refractivity contribution is 5.79. The molecule has 1 N–H and O–H groups in total. The molecule has 0 saturated carbocycles. The number of hydrogen-bond acceptors (Lipinski definition) is 2. The van der Waals surface area contributed by atoms with Crippen LogP contribution >= 0.6 is 0 Å². The minimum absolute atomic E-state index is 0.0272. The van der Waals surface area contributed by atoms with Crippen LogP contribution in [0.2, 0.25) is 0 Å². The number of aryl methyl sites for hydroxylation is 2. The summed E-state index contributed by atoms with van der Waals surface area (Å²) < 4.78 is 0. The van der Waals surface area contributed by atoms with Crippen LogP contribution in [0, 0.1) is 13.8 Å². The zero-order chi connectivity index (χ0) is 14.0. The van der Waals surface area contributed by atoms with Crippen molar-refractivity contribution in [2.45, 2.75) is 33.2 Å². The molecule has 1 aromatic rings. The quantitative estimate of drug-likeness (QED) is 0.903. The molecule has 1 atom stereocenters. The van der Waals surface area contributed by atoms with Gasteiger partial charge in [-0.05, 0) is 31.9 Å². The van der Waals surface area contributed by atoms with Gasteiger partial charge in [0.1, 0.15) is 5.78 Å². The molecule has 0 aromatic heterocycles. The lowest BCUT2D eigenvalue weighted by Gasteiger charge is -2.15. The highest BCUT2D eigenvalue weighted by atomic mass is 16.2. The zero-order valence-electron chi connectivity index (χ0n) is 11.7. The van der Waals surface area contributed by atoms with Gasteiger partial charge in [-0.2, -0.15) is 0 Å². The summed E-state index contributed by atoms with van der Waals surface area (Å²) in [5, 5.41) is 2.99. The number of urea groups is 1. The molecule has 2 amide bonds. The number of ketones is 1. The predicted octanol–water partition coefficient (Wildman–Crippen LogP) is 2.35. The van der Waals surface area contributed by atoms with Crippen molar-refractivity contribution in [3.63, 3.8) is 0 Å². The van der Waals surface area contributed by atoms with Crippen LogP contribution < -0.4 is 5.32 Å². The lowest BCUT2D eigenvalue weighted by Crippen LogP contribution is -2.29. The number of hydrogen-bond donors (Lipinski definition) is 1. The van der Waals surface area contributed by atoms with Crippen molar-refractivity contribution < 1.29 is 9.59 Å². The molecular formula is C15H20N2O2. The Hall–Kier alpha value is -1.84. The van der Waals surface area contributed by atoms with E-state index >= 15 is 0 Å². The average molecular weight is 260 g/mol. The Labute approximate surface area is 113 Å². The number of nitrogens with one attached hydrogen (secondary N) is 1. The van der Waals surface area contributed by atoms with E-state index in [1.165, 1.54) is 16.7 Å². The van der Waals surface area contributed by atoms with Crippen LogP contribution in [-0.2, 0) is 4.79 Å². The van der Waals surface area contributed by atoms with Gasteiger partial charge in [0.2, 0.25) is 0 Å². The Balaban J connectivity index is 2.09. The number of benzene rings is 1. The summed E-state index contributed by atoms with van der Waals surface area (Å²) in [6.45, 7) is 6.79. The highest BCUT2D eigenvalue weighted by Crippen LogP contribution is 2.24. The van der Waals surface area contributed by atoms with Crippen molar-refractivity contribution in [3.8, 4) is 0 Å². The molecule has 1 heterocycles. The average Bonchev–Trinajstić information content (AvgIpc) is 2.71. The Bertz CT molecular complexity index is 511. The van der Waals surface area contributed by atoms with Crippen molar-refractivity contribution in [1.29, 1.82) is 0 Å². The van der Waals surface area contributed by atoms with Crippen LogP contribution in [0.15, 0.2) is 18.2 Å². The fourth-order valence-electron chi connectivity index (χ4n) is 2.39. The van der Waals surface area contributed by atoms with Crippen LogP contribution in [0.25, 0.3) is 0 Å². The highest BCUT2D eigenvalue weighted by Gasteiger charge is 2.30. The first-order valence-corrected chi connectivity index (χ1v) is 6.59. The van der Waals surface area contributed by atoms with Crippen LogP contribution in [0.4, 0.5) is 4.79 Å². The summed E-state index contributed by atoms with van der Waals surface area (Å²) in [4.78, 5) is 24.6. The van der Waals surface area contributed by atoms with Gasteiger partial charge in [0.05, 0.1) is 6.04 Å². The first-order chi connectivity index (χ1) is 8.97. The number of nitrogens with zero attached hydrogens (tertiary/aromatic N) is 1. The standard InChI is InChI=1S/C15H20N2O2/c1-10-4-5-11(2)13(8-10)14-9-17(15(19)16-14)7-6-12(3)18/h4-5,8,14H,6-7,9H2,1-3H3,(H,16,19). The molecule has 19 heavy (non-hydrogen) atoms. The Kier molecular flexibility index (Phi) is 3.88. The first-order valence-electron chi connectivity index (χ1n) is 6.59. The first kappa shape index (κ1) is 13.6. The maximum atomic E-state index is 11.9. The molecule has 4 heteroatoms. The van der Waals surface area contributed by atoms with Gasteiger partial charge in [-0.25, -0.2) is 4.79 Å². The van der Waals surface area contributed by atoms with Crippen LogP contribution in [0.3, 0.4) is 0 Å². The smallest absolute Gasteiger partial charge is 0.318 e. The predicted molar refractivity (Wildman–Crippen MR) is 74.1 cm³/mol. The number of Topliss-reactive ketones (excluding diaryl/α,β-unsaturated/α-hetero) is 1. The van der Waals surface area contributed by atoms with E-state index in [1.54, 1.807) is 11.8 Å². The van der Waals surface area contributed by atoms with Crippen molar-refractivity contribution in [2.24, 2.45) is 0 Å². The van der Waals surface area contributed by atoms with E-state index in [4.69, 9.17) is 0 Å². The fraction of sp³-hybridized carbons (Fsp3) is 0.467. The third kappa shape index (κ3) is 3.13. The molecule has 4 nitrogen and oxygen atoms in total. The number of amides is 2. The van der Waals surface area contributed by atoms with Gasteiger partial charge < -0.3 is 10.2 Å². The molecule has 1 saturated heterocycles. The van der Waals surface area contributed by atoms with E-state index in [2.05, 4.69) is 30.4 Å². The summed E-state index contributed by atoms with van der Waals surface area (Å²) in [5.41, 5.74) is 3.54. The topological polar surface area (TPSA) is 49.4 Å². The van der Waals surface area contributed by atoms with Crippen LogP contribution in [0.5, 0.6) is 0 Å². The molecule has 1 aliphatic rings.